The molecular formula is C7H6N2OS. The Morgan fingerprint density at radius 3 is 3.18 bits per heavy atom. The molecule has 0 aliphatic rings. The first-order valence-corrected chi connectivity index (χ1v) is 4.36. The average molecular weight is 166 g/mol. The second-order valence-corrected chi connectivity index (χ2v) is 2.81. The molecule has 4 heteroatoms. The molecule has 11 heavy (non-hydrogen) atoms. The molecule has 0 aliphatic heterocycles. The van der Waals surface area contributed by atoms with Crippen LogP contribution in [0.5, 0.6) is 0 Å². The van der Waals surface area contributed by atoms with E-state index in [1.54, 1.807) is 24.4 Å². The van der Waals surface area contributed by atoms with Crippen LogP contribution < -0.4 is 0 Å². The number of nitrogens with zero attached hydrogens (tertiary/aromatic N) is 2. The van der Waals surface area contributed by atoms with Gasteiger partial charge in [0.25, 0.3) is 0 Å². The second kappa shape index (κ2) is 2.54. The predicted octanol–water partition coefficient (Wildman–Crippen LogP) is 1.94. The number of fused-ring (bicyclic) bond motifs is 1. The van der Waals surface area contributed by atoms with Crippen LogP contribution in [0.4, 0.5) is 0 Å². The summed E-state index contributed by atoms with van der Waals surface area (Å²) in [6.07, 6.45) is 5.13. The van der Waals surface area contributed by atoms with Crippen LogP contribution >= 0.6 is 11.8 Å². The first kappa shape index (κ1) is 6.67. The van der Waals surface area contributed by atoms with E-state index in [0.717, 1.165) is 16.1 Å². The maximum atomic E-state index is 5.19. The molecular weight excluding hydrogens is 160 g/mol. The molecule has 2 aromatic rings. The van der Waals surface area contributed by atoms with Gasteiger partial charge in [-0.05, 0) is 6.26 Å². The molecule has 0 atom stereocenters. The lowest BCUT2D eigenvalue weighted by molar-refractivity contribution is 0.603. The van der Waals surface area contributed by atoms with Gasteiger partial charge in [-0.1, -0.05) is 0 Å². The fraction of sp³-hybridized carbons (Fsp3) is 0.143. The van der Waals surface area contributed by atoms with E-state index in [1.807, 2.05) is 12.3 Å². The highest BCUT2D eigenvalue weighted by Gasteiger charge is 2.03. The van der Waals surface area contributed by atoms with Crippen molar-refractivity contribution in [1.29, 1.82) is 0 Å². The third-order valence-electron chi connectivity index (χ3n) is 1.40. The normalized spacial score (nSPS) is 10.6. The molecule has 2 rings (SSSR count). The summed E-state index contributed by atoms with van der Waals surface area (Å²) >= 11 is 1.56. The van der Waals surface area contributed by atoms with Crippen LogP contribution in [0, 0.1) is 0 Å². The third kappa shape index (κ3) is 0.991. The molecule has 0 fully saturated rings. The van der Waals surface area contributed by atoms with Crippen LogP contribution in [0.1, 0.15) is 0 Å². The van der Waals surface area contributed by atoms with Gasteiger partial charge in [0.2, 0.25) is 0 Å². The maximum Gasteiger partial charge on any atom is 0.184 e. The van der Waals surface area contributed by atoms with Crippen molar-refractivity contribution >= 4 is 22.9 Å². The Hall–Kier alpha value is -1.03. The Morgan fingerprint density at radius 1 is 1.45 bits per heavy atom. The highest BCUT2D eigenvalue weighted by atomic mass is 32.2. The van der Waals surface area contributed by atoms with E-state index in [1.165, 1.54) is 0 Å². The molecule has 0 spiro atoms. The number of aromatic nitrogens is 2. The fourth-order valence-electron chi connectivity index (χ4n) is 0.912. The molecule has 0 saturated heterocycles. The molecule has 0 amide bonds. The van der Waals surface area contributed by atoms with Crippen LogP contribution in [-0.2, 0) is 0 Å². The van der Waals surface area contributed by atoms with Gasteiger partial charge in [-0.3, -0.25) is 0 Å². The lowest BCUT2D eigenvalue weighted by Crippen LogP contribution is -1.81. The molecule has 0 aliphatic carbocycles. The highest BCUT2D eigenvalue weighted by Crippen LogP contribution is 2.22. The Kier molecular flexibility index (Phi) is 1.54. The monoisotopic (exact) mass is 166 g/mol. The molecule has 3 nitrogen and oxygen atoms in total. The quantitative estimate of drug-likeness (QED) is 0.479. The molecule has 0 N–H and O–H groups in total. The standard InChI is InChI=1S/C7H6N2OS/c1-11-7-6-5(2-3-10-6)8-4-9-7/h2-4H,1H3. The summed E-state index contributed by atoms with van der Waals surface area (Å²) in [5, 5.41) is 0.889. The zero-order valence-corrected chi connectivity index (χ0v) is 6.76. The number of rotatable bonds is 1. The Morgan fingerprint density at radius 2 is 2.36 bits per heavy atom. The highest BCUT2D eigenvalue weighted by molar-refractivity contribution is 7.98. The third-order valence-corrected chi connectivity index (χ3v) is 2.08. The maximum absolute atomic E-state index is 5.19. The SMILES string of the molecule is CSc1ncnc2ccoc12. The number of hydrogen-bond acceptors (Lipinski definition) is 4. The zero-order chi connectivity index (χ0) is 7.68. The van der Waals surface area contributed by atoms with E-state index in [4.69, 9.17) is 4.42 Å². The van der Waals surface area contributed by atoms with Gasteiger partial charge >= 0.3 is 0 Å². The van der Waals surface area contributed by atoms with Crippen LogP contribution in [0.2, 0.25) is 0 Å². The zero-order valence-electron chi connectivity index (χ0n) is 5.94. The lowest BCUT2D eigenvalue weighted by atomic mass is 10.5. The van der Waals surface area contributed by atoms with E-state index in [0.29, 0.717) is 0 Å². The summed E-state index contributed by atoms with van der Waals surface area (Å²) in [7, 11) is 0. The minimum Gasteiger partial charge on any atom is -0.460 e. The summed E-state index contributed by atoms with van der Waals surface area (Å²) in [4.78, 5) is 8.09. The van der Waals surface area contributed by atoms with Gasteiger partial charge < -0.3 is 4.42 Å². The van der Waals surface area contributed by atoms with Gasteiger partial charge in [0, 0.05) is 6.07 Å². The summed E-state index contributed by atoms with van der Waals surface area (Å²) in [5.41, 5.74) is 1.64. The van der Waals surface area contributed by atoms with Crippen molar-refractivity contribution in [2.24, 2.45) is 0 Å². The molecule has 0 saturated carbocycles. The largest absolute Gasteiger partial charge is 0.460 e. The number of furan rings is 1. The van der Waals surface area contributed by atoms with Crippen molar-refractivity contribution < 1.29 is 4.42 Å². The molecule has 0 unspecified atom stereocenters. The minimum absolute atomic E-state index is 0.778. The average Bonchev–Trinajstić information content (AvgIpc) is 2.50. The number of hydrogen-bond donors (Lipinski definition) is 0. The van der Waals surface area contributed by atoms with E-state index in [2.05, 4.69) is 9.97 Å². The van der Waals surface area contributed by atoms with Gasteiger partial charge in [-0.15, -0.1) is 11.8 Å². The summed E-state index contributed by atoms with van der Waals surface area (Å²) in [6.45, 7) is 0. The van der Waals surface area contributed by atoms with E-state index < -0.39 is 0 Å². The summed E-state index contributed by atoms with van der Waals surface area (Å²) < 4.78 is 5.19. The van der Waals surface area contributed by atoms with Gasteiger partial charge in [-0.2, -0.15) is 0 Å². The van der Waals surface area contributed by atoms with E-state index >= 15 is 0 Å². The van der Waals surface area contributed by atoms with Crippen LogP contribution in [0.25, 0.3) is 11.1 Å². The molecule has 2 heterocycles. The van der Waals surface area contributed by atoms with E-state index in [9.17, 15) is 0 Å². The van der Waals surface area contributed by atoms with Crippen LogP contribution in [-0.4, -0.2) is 16.2 Å². The lowest BCUT2D eigenvalue weighted by Gasteiger charge is -1.92. The Balaban J connectivity index is 2.79. The van der Waals surface area contributed by atoms with Crippen molar-refractivity contribution in [3.05, 3.63) is 18.7 Å². The van der Waals surface area contributed by atoms with Crippen molar-refractivity contribution in [3.63, 3.8) is 0 Å². The van der Waals surface area contributed by atoms with Gasteiger partial charge in [0.15, 0.2) is 5.58 Å². The smallest absolute Gasteiger partial charge is 0.184 e. The Bertz CT molecular complexity index is 371. The van der Waals surface area contributed by atoms with Gasteiger partial charge in [0.1, 0.15) is 16.9 Å². The van der Waals surface area contributed by atoms with Crippen LogP contribution in [0.15, 0.2) is 28.1 Å². The summed E-state index contributed by atoms with van der Waals surface area (Å²) in [6, 6.07) is 1.83. The minimum atomic E-state index is 0.778. The van der Waals surface area contributed by atoms with Gasteiger partial charge in [0.05, 0.1) is 6.26 Å². The number of thioether (sulfide) groups is 1. The van der Waals surface area contributed by atoms with Crippen molar-refractivity contribution in [3.8, 4) is 0 Å². The molecule has 0 aromatic carbocycles. The van der Waals surface area contributed by atoms with Crippen LogP contribution in [0.3, 0.4) is 0 Å². The van der Waals surface area contributed by atoms with Gasteiger partial charge in [-0.25, -0.2) is 9.97 Å². The fourth-order valence-corrected chi connectivity index (χ4v) is 1.40. The molecule has 0 radical (unpaired) electrons. The predicted molar refractivity (Wildman–Crippen MR) is 43.6 cm³/mol. The molecule has 2 aromatic heterocycles. The summed E-state index contributed by atoms with van der Waals surface area (Å²) in [5.74, 6) is 0. The van der Waals surface area contributed by atoms with Crippen molar-refractivity contribution in [2.45, 2.75) is 5.03 Å². The topological polar surface area (TPSA) is 38.9 Å². The first-order chi connectivity index (χ1) is 5.42. The molecule has 56 valence electrons. The van der Waals surface area contributed by atoms with Crippen molar-refractivity contribution in [1.82, 2.24) is 9.97 Å². The van der Waals surface area contributed by atoms with Crippen molar-refractivity contribution in [2.75, 3.05) is 6.26 Å². The molecule has 0 bridgehead atoms. The first-order valence-electron chi connectivity index (χ1n) is 3.14. The second-order valence-electron chi connectivity index (χ2n) is 2.02. The van der Waals surface area contributed by atoms with E-state index in [-0.39, 0.29) is 0 Å². The Labute approximate surface area is 67.8 Å².